The van der Waals surface area contributed by atoms with Crippen molar-refractivity contribution in [1.29, 1.82) is 0 Å². The van der Waals surface area contributed by atoms with E-state index in [2.05, 4.69) is 14.9 Å². The maximum absolute atomic E-state index is 12.4. The van der Waals surface area contributed by atoms with E-state index in [0.717, 1.165) is 0 Å². The van der Waals surface area contributed by atoms with E-state index in [1.54, 1.807) is 0 Å². The zero-order valence-electron chi connectivity index (χ0n) is 16.2. The van der Waals surface area contributed by atoms with Crippen molar-refractivity contribution in [2.75, 3.05) is 7.11 Å². The number of alkyl halides is 2. The highest BCUT2D eigenvalue weighted by atomic mass is 19.3. The minimum atomic E-state index is -3.01. The zero-order chi connectivity index (χ0) is 22.5. The van der Waals surface area contributed by atoms with Gasteiger partial charge < -0.3 is 18.7 Å². The molecule has 0 bridgehead atoms. The summed E-state index contributed by atoms with van der Waals surface area (Å²) in [4.78, 5) is 26.5. The summed E-state index contributed by atoms with van der Waals surface area (Å²) in [6.45, 7) is -1.85. The number of carbonyl (C=O) groups is 1. The Bertz CT molecular complexity index is 1120. The third-order valence-corrected chi connectivity index (χ3v) is 4.06. The summed E-state index contributed by atoms with van der Waals surface area (Å²) < 4.78 is 44.3. The number of benzene rings is 2. The molecule has 10 nitrogen and oxygen atoms in total. The van der Waals surface area contributed by atoms with Gasteiger partial charge in [-0.05, 0) is 37.3 Å². The monoisotopic (exact) mass is 435 g/mol. The number of methoxy groups -OCH3 is 1. The lowest BCUT2D eigenvalue weighted by Crippen LogP contribution is -2.06. The van der Waals surface area contributed by atoms with Crippen LogP contribution in [-0.2, 0) is 11.3 Å². The Hall–Kier alpha value is -4.09. The van der Waals surface area contributed by atoms with Gasteiger partial charge in [-0.3, -0.25) is 10.1 Å². The van der Waals surface area contributed by atoms with E-state index in [9.17, 15) is 23.7 Å². The number of nitro groups is 1. The Morgan fingerprint density at radius 3 is 2.65 bits per heavy atom. The lowest BCUT2D eigenvalue weighted by Gasteiger charge is -2.10. The molecule has 0 saturated carbocycles. The molecule has 0 aliphatic heterocycles. The molecule has 0 radical (unpaired) electrons. The fraction of sp³-hybridized carbons (Fsp3) is 0.211. The Morgan fingerprint density at radius 2 is 2.00 bits per heavy atom. The number of nitrogens with zero attached hydrogens (tertiary/aromatic N) is 3. The van der Waals surface area contributed by atoms with Crippen LogP contribution in [0.15, 0.2) is 40.9 Å². The van der Waals surface area contributed by atoms with Crippen molar-refractivity contribution in [2.45, 2.75) is 20.1 Å². The highest BCUT2D eigenvalue weighted by molar-refractivity contribution is 5.90. The molecule has 0 unspecified atom stereocenters. The van der Waals surface area contributed by atoms with Gasteiger partial charge in [0.2, 0.25) is 5.82 Å². The summed E-state index contributed by atoms with van der Waals surface area (Å²) in [7, 11) is 1.29. The first-order valence-corrected chi connectivity index (χ1v) is 8.66. The van der Waals surface area contributed by atoms with Crippen LogP contribution < -0.4 is 9.47 Å². The molecule has 0 saturated heterocycles. The van der Waals surface area contributed by atoms with E-state index >= 15 is 0 Å². The molecular weight excluding hydrogens is 420 g/mol. The van der Waals surface area contributed by atoms with Crippen LogP contribution in [0.5, 0.6) is 11.5 Å². The van der Waals surface area contributed by atoms with Gasteiger partial charge in [-0.15, -0.1) is 0 Å². The minimum Gasteiger partial charge on any atom is -0.493 e. The number of hydrogen-bond donors (Lipinski definition) is 0. The van der Waals surface area contributed by atoms with Crippen molar-refractivity contribution in [1.82, 2.24) is 10.1 Å². The van der Waals surface area contributed by atoms with Gasteiger partial charge in [0.25, 0.3) is 11.6 Å². The molecule has 2 aromatic carbocycles. The van der Waals surface area contributed by atoms with Crippen molar-refractivity contribution >= 4 is 11.7 Å². The average molecular weight is 435 g/mol. The van der Waals surface area contributed by atoms with E-state index in [-0.39, 0.29) is 41.1 Å². The van der Waals surface area contributed by atoms with Crippen LogP contribution in [-0.4, -0.2) is 34.8 Å². The molecule has 31 heavy (non-hydrogen) atoms. The van der Waals surface area contributed by atoms with E-state index in [1.807, 2.05) is 0 Å². The Labute approximate surface area is 173 Å². The van der Waals surface area contributed by atoms with Gasteiger partial charge in [0.15, 0.2) is 18.1 Å². The van der Waals surface area contributed by atoms with Gasteiger partial charge in [0.1, 0.15) is 0 Å². The fourth-order valence-corrected chi connectivity index (χ4v) is 2.63. The molecule has 1 aromatic heterocycles. The standard InChI is InChI=1S/C19H15F2N3O7/c1-10-7-12(3-5-13(10)24(26)27)18(25)29-9-16-22-17(23-31-16)11-4-6-14(30-19(20)21)15(8-11)28-2/h3-8,19H,9H2,1-2H3. The summed E-state index contributed by atoms with van der Waals surface area (Å²) in [5.74, 6) is -0.748. The van der Waals surface area contributed by atoms with Crippen molar-refractivity contribution < 1.29 is 37.2 Å². The molecule has 0 N–H and O–H groups in total. The van der Waals surface area contributed by atoms with Crippen LogP contribution in [0.3, 0.4) is 0 Å². The molecule has 0 aliphatic rings. The quantitative estimate of drug-likeness (QED) is 0.294. The van der Waals surface area contributed by atoms with Gasteiger partial charge in [-0.1, -0.05) is 5.16 Å². The Morgan fingerprint density at radius 1 is 1.23 bits per heavy atom. The van der Waals surface area contributed by atoms with Crippen molar-refractivity contribution in [3.63, 3.8) is 0 Å². The third-order valence-electron chi connectivity index (χ3n) is 4.06. The molecule has 0 spiro atoms. The van der Waals surface area contributed by atoms with Crippen molar-refractivity contribution in [3.05, 3.63) is 63.5 Å². The van der Waals surface area contributed by atoms with Gasteiger partial charge in [0.05, 0.1) is 17.6 Å². The zero-order valence-corrected chi connectivity index (χ0v) is 16.2. The highest BCUT2D eigenvalue weighted by Crippen LogP contribution is 2.32. The normalized spacial score (nSPS) is 10.7. The molecule has 12 heteroatoms. The van der Waals surface area contributed by atoms with Crippen LogP contribution >= 0.6 is 0 Å². The molecule has 0 amide bonds. The number of ether oxygens (including phenoxy) is 3. The number of halogens is 2. The van der Waals surface area contributed by atoms with Crippen molar-refractivity contribution in [3.8, 4) is 22.9 Å². The second-order valence-corrected chi connectivity index (χ2v) is 6.09. The second kappa shape index (κ2) is 9.15. The maximum atomic E-state index is 12.4. The van der Waals surface area contributed by atoms with Crippen LogP contribution in [0, 0.1) is 17.0 Å². The topological polar surface area (TPSA) is 127 Å². The number of carbonyl (C=O) groups excluding carboxylic acids is 1. The maximum Gasteiger partial charge on any atom is 0.387 e. The Kier molecular flexibility index (Phi) is 6.38. The van der Waals surface area contributed by atoms with E-state index < -0.39 is 17.5 Å². The summed E-state index contributed by atoms with van der Waals surface area (Å²) in [5.41, 5.74) is 0.721. The fourth-order valence-electron chi connectivity index (χ4n) is 2.63. The molecule has 3 rings (SSSR count). The van der Waals surface area contributed by atoms with Crippen molar-refractivity contribution in [2.24, 2.45) is 0 Å². The SMILES string of the molecule is COc1cc(-c2noc(COC(=O)c3ccc([N+](=O)[O-])c(C)c3)n2)ccc1OC(F)F. The summed E-state index contributed by atoms with van der Waals surface area (Å²) in [5, 5.41) is 14.6. The minimum absolute atomic E-state index is 0.0196. The van der Waals surface area contributed by atoms with E-state index in [4.69, 9.17) is 14.0 Å². The van der Waals surface area contributed by atoms with Crippen LogP contribution in [0.1, 0.15) is 21.8 Å². The first-order chi connectivity index (χ1) is 14.8. The lowest BCUT2D eigenvalue weighted by molar-refractivity contribution is -0.385. The van der Waals surface area contributed by atoms with Gasteiger partial charge in [-0.25, -0.2) is 4.79 Å². The molecule has 0 aliphatic carbocycles. The molecule has 3 aromatic rings. The predicted octanol–water partition coefficient (Wildman–Crippen LogP) is 3.92. The van der Waals surface area contributed by atoms with E-state index in [0.29, 0.717) is 11.1 Å². The van der Waals surface area contributed by atoms with Gasteiger partial charge in [0, 0.05) is 17.2 Å². The Balaban J connectivity index is 1.68. The molecule has 0 fully saturated rings. The number of aromatic nitrogens is 2. The number of rotatable bonds is 8. The third kappa shape index (κ3) is 5.10. The van der Waals surface area contributed by atoms with E-state index in [1.165, 1.54) is 50.4 Å². The number of nitro benzene ring substituents is 1. The largest absolute Gasteiger partial charge is 0.493 e. The average Bonchev–Trinajstić information content (AvgIpc) is 3.20. The summed E-state index contributed by atoms with van der Waals surface area (Å²) in [6, 6.07) is 7.92. The van der Waals surface area contributed by atoms with Gasteiger partial charge in [-0.2, -0.15) is 13.8 Å². The second-order valence-electron chi connectivity index (χ2n) is 6.09. The molecular formula is C19H15F2N3O7. The smallest absolute Gasteiger partial charge is 0.387 e. The first kappa shape index (κ1) is 21.6. The number of esters is 1. The number of aryl methyl sites for hydroxylation is 1. The predicted molar refractivity (Wildman–Crippen MR) is 99.9 cm³/mol. The summed E-state index contributed by atoms with van der Waals surface area (Å²) >= 11 is 0. The first-order valence-electron chi connectivity index (χ1n) is 8.66. The van der Waals surface area contributed by atoms with Crippen LogP contribution in [0.25, 0.3) is 11.4 Å². The molecule has 1 heterocycles. The highest BCUT2D eigenvalue weighted by Gasteiger charge is 2.18. The molecule has 0 atom stereocenters. The summed E-state index contributed by atoms with van der Waals surface area (Å²) in [6.07, 6.45) is 0. The van der Waals surface area contributed by atoms with Crippen LogP contribution in [0.4, 0.5) is 14.5 Å². The van der Waals surface area contributed by atoms with Crippen LogP contribution in [0.2, 0.25) is 0 Å². The lowest BCUT2D eigenvalue weighted by atomic mass is 10.1. The molecule has 162 valence electrons. The number of hydrogen-bond acceptors (Lipinski definition) is 9. The van der Waals surface area contributed by atoms with Gasteiger partial charge >= 0.3 is 12.6 Å².